The second kappa shape index (κ2) is 7.59. The molecule has 3 nitrogen and oxygen atoms in total. The van der Waals surface area contributed by atoms with E-state index in [1.165, 1.54) is 18.4 Å². The predicted octanol–water partition coefficient (Wildman–Crippen LogP) is 5.94. The molecule has 3 aromatic rings. The Hall–Kier alpha value is -2.59. The predicted molar refractivity (Wildman–Crippen MR) is 125 cm³/mol. The second-order valence-corrected chi connectivity index (χ2v) is 9.60. The van der Waals surface area contributed by atoms with Gasteiger partial charge in [-0.2, -0.15) is 0 Å². The molecule has 0 atom stereocenters. The van der Waals surface area contributed by atoms with Gasteiger partial charge in [-0.1, -0.05) is 79.2 Å². The zero-order valence-electron chi connectivity index (χ0n) is 17.4. The van der Waals surface area contributed by atoms with Crippen LogP contribution in [0.25, 0.3) is 16.9 Å². The number of nitrogens with zero attached hydrogens (tertiary/aromatic N) is 2. The fourth-order valence-corrected chi connectivity index (χ4v) is 5.95. The molecule has 0 aliphatic heterocycles. The summed E-state index contributed by atoms with van der Waals surface area (Å²) in [6.45, 7) is 6.05. The molecule has 1 fully saturated rings. The maximum Gasteiger partial charge on any atom is 0.263 e. The first kappa shape index (κ1) is 19.4. The molecule has 30 heavy (non-hydrogen) atoms. The van der Waals surface area contributed by atoms with Gasteiger partial charge in [0.05, 0.1) is 16.9 Å². The average molecular weight is 415 g/mol. The summed E-state index contributed by atoms with van der Waals surface area (Å²) >= 11 is 1.59. The maximum absolute atomic E-state index is 14.1. The van der Waals surface area contributed by atoms with Gasteiger partial charge < -0.3 is 0 Å². The molecule has 1 saturated carbocycles. The first-order chi connectivity index (χ1) is 14.6. The van der Waals surface area contributed by atoms with E-state index in [1.807, 2.05) is 41.8 Å². The number of thioether (sulfide) groups is 1. The average Bonchev–Trinajstić information content (AvgIpc) is 3.21. The number of hydrogen-bond donors (Lipinski definition) is 0. The smallest absolute Gasteiger partial charge is 0.263 e. The van der Waals surface area contributed by atoms with E-state index in [4.69, 9.17) is 4.98 Å². The molecule has 2 aliphatic carbocycles. The van der Waals surface area contributed by atoms with Crippen molar-refractivity contribution in [1.29, 1.82) is 0 Å². The summed E-state index contributed by atoms with van der Waals surface area (Å²) in [5.74, 6) is 0.741. The summed E-state index contributed by atoms with van der Waals surface area (Å²) < 4.78 is 1.83. The Morgan fingerprint density at radius 3 is 2.53 bits per heavy atom. The number of benzene rings is 2. The van der Waals surface area contributed by atoms with Gasteiger partial charge in [0.1, 0.15) is 0 Å². The molecule has 5 rings (SSSR count). The van der Waals surface area contributed by atoms with Gasteiger partial charge in [-0.25, -0.2) is 4.98 Å². The number of fused-ring (bicyclic) bond motifs is 4. The van der Waals surface area contributed by atoms with Crippen molar-refractivity contribution in [2.75, 3.05) is 5.75 Å². The molecule has 152 valence electrons. The van der Waals surface area contributed by atoms with Crippen molar-refractivity contribution in [3.63, 3.8) is 0 Å². The van der Waals surface area contributed by atoms with Gasteiger partial charge in [-0.3, -0.25) is 9.36 Å². The highest BCUT2D eigenvalue weighted by molar-refractivity contribution is 7.99. The quantitative estimate of drug-likeness (QED) is 0.301. The Bertz CT molecular complexity index is 1170. The van der Waals surface area contributed by atoms with E-state index in [9.17, 15) is 4.79 Å². The van der Waals surface area contributed by atoms with Crippen molar-refractivity contribution in [2.45, 2.75) is 49.6 Å². The third kappa shape index (κ3) is 3.14. The lowest BCUT2D eigenvalue weighted by molar-refractivity contribution is 0.422. The molecule has 4 heteroatoms. The Labute approximate surface area is 181 Å². The lowest BCUT2D eigenvalue weighted by Gasteiger charge is -2.36. The van der Waals surface area contributed by atoms with E-state index in [0.717, 1.165) is 58.3 Å². The molecule has 2 aliphatic rings. The molecule has 1 spiro atoms. The van der Waals surface area contributed by atoms with Crippen LogP contribution >= 0.6 is 11.8 Å². The summed E-state index contributed by atoms with van der Waals surface area (Å²) in [4.78, 5) is 19.3. The summed E-state index contributed by atoms with van der Waals surface area (Å²) in [6, 6.07) is 18.4. The van der Waals surface area contributed by atoms with Gasteiger partial charge >= 0.3 is 0 Å². The van der Waals surface area contributed by atoms with Crippen molar-refractivity contribution >= 4 is 11.8 Å². The van der Waals surface area contributed by atoms with Gasteiger partial charge in [0.25, 0.3) is 5.56 Å². The van der Waals surface area contributed by atoms with E-state index >= 15 is 0 Å². The first-order valence-corrected chi connectivity index (χ1v) is 11.7. The van der Waals surface area contributed by atoms with Gasteiger partial charge in [0.2, 0.25) is 0 Å². The van der Waals surface area contributed by atoms with Crippen LogP contribution in [0.4, 0.5) is 0 Å². The SMILES string of the molecule is C=C(C)CSc1nc2c(c(=O)n1-c1ccccc1)C1(CCCC1)Cc1ccccc1-2. The van der Waals surface area contributed by atoms with E-state index in [2.05, 4.69) is 30.8 Å². The van der Waals surface area contributed by atoms with Crippen molar-refractivity contribution in [1.82, 2.24) is 9.55 Å². The molecular weight excluding hydrogens is 388 g/mol. The van der Waals surface area contributed by atoms with Crippen LogP contribution in [0.5, 0.6) is 0 Å². The molecule has 0 amide bonds. The third-order valence-corrected chi connectivity index (χ3v) is 7.58. The zero-order chi connectivity index (χ0) is 20.7. The summed E-state index contributed by atoms with van der Waals surface area (Å²) in [5, 5.41) is 0.748. The normalized spacial score (nSPS) is 16.3. The van der Waals surface area contributed by atoms with Gasteiger partial charge in [0, 0.05) is 16.7 Å². The van der Waals surface area contributed by atoms with E-state index in [1.54, 1.807) is 11.8 Å². The summed E-state index contributed by atoms with van der Waals surface area (Å²) in [7, 11) is 0. The largest absolute Gasteiger partial charge is 0.268 e. The molecule has 0 unspecified atom stereocenters. The van der Waals surface area contributed by atoms with Crippen LogP contribution in [-0.4, -0.2) is 15.3 Å². The fraction of sp³-hybridized carbons (Fsp3) is 0.308. The van der Waals surface area contributed by atoms with E-state index < -0.39 is 0 Å². The minimum Gasteiger partial charge on any atom is -0.268 e. The maximum atomic E-state index is 14.1. The highest BCUT2D eigenvalue weighted by Gasteiger charge is 2.44. The van der Waals surface area contributed by atoms with Crippen molar-refractivity contribution in [3.8, 4) is 16.9 Å². The molecule has 0 radical (unpaired) electrons. The van der Waals surface area contributed by atoms with Crippen LogP contribution in [0, 0.1) is 0 Å². The minimum atomic E-state index is -0.0815. The monoisotopic (exact) mass is 414 g/mol. The summed E-state index contributed by atoms with van der Waals surface area (Å²) in [5.41, 5.74) is 6.26. The summed E-state index contributed by atoms with van der Waals surface area (Å²) in [6.07, 6.45) is 5.44. The van der Waals surface area contributed by atoms with Crippen LogP contribution in [0.2, 0.25) is 0 Å². The van der Waals surface area contributed by atoms with Crippen molar-refractivity contribution < 1.29 is 0 Å². The second-order valence-electron chi connectivity index (χ2n) is 8.66. The molecular formula is C26H26N2OS. The highest BCUT2D eigenvalue weighted by Crippen LogP contribution is 2.50. The Morgan fingerprint density at radius 1 is 1.10 bits per heavy atom. The van der Waals surface area contributed by atoms with Crippen molar-refractivity contribution in [2.24, 2.45) is 0 Å². The Balaban J connectivity index is 1.82. The van der Waals surface area contributed by atoms with E-state index in [-0.39, 0.29) is 11.0 Å². The number of rotatable bonds is 4. The van der Waals surface area contributed by atoms with Crippen LogP contribution < -0.4 is 5.56 Å². The third-order valence-electron chi connectivity index (χ3n) is 6.41. The number of hydrogen-bond acceptors (Lipinski definition) is 3. The Morgan fingerprint density at radius 2 is 1.80 bits per heavy atom. The Kier molecular flexibility index (Phi) is 4.90. The molecule has 2 aromatic carbocycles. The standard InChI is InChI=1S/C26H26N2OS/c1-18(2)17-30-25-27-23-21-13-7-6-10-19(21)16-26(14-8-9-15-26)22(23)24(29)28(25)20-11-4-3-5-12-20/h3-7,10-13H,1,8-9,14-17H2,2H3. The molecule has 1 heterocycles. The molecule has 0 bridgehead atoms. The highest BCUT2D eigenvalue weighted by atomic mass is 32.2. The van der Waals surface area contributed by atoms with Crippen molar-refractivity contribution in [3.05, 3.63) is 88.2 Å². The van der Waals surface area contributed by atoms with Crippen LogP contribution in [0.1, 0.15) is 43.7 Å². The van der Waals surface area contributed by atoms with E-state index in [0.29, 0.717) is 0 Å². The number of para-hydroxylation sites is 1. The lowest BCUT2D eigenvalue weighted by atomic mass is 9.68. The van der Waals surface area contributed by atoms with Crippen LogP contribution in [0.3, 0.4) is 0 Å². The minimum absolute atomic E-state index is 0.0815. The van der Waals surface area contributed by atoms with Crippen LogP contribution in [-0.2, 0) is 11.8 Å². The fourth-order valence-electron chi connectivity index (χ4n) is 5.10. The van der Waals surface area contributed by atoms with Crippen LogP contribution in [0.15, 0.2) is 76.7 Å². The van der Waals surface area contributed by atoms with Gasteiger partial charge in [-0.15, -0.1) is 0 Å². The zero-order valence-corrected chi connectivity index (χ0v) is 18.2. The topological polar surface area (TPSA) is 34.9 Å². The number of aromatic nitrogens is 2. The van der Waals surface area contributed by atoms with Gasteiger partial charge in [-0.05, 0) is 43.9 Å². The first-order valence-electron chi connectivity index (χ1n) is 10.7. The molecule has 1 aromatic heterocycles. The lowest BCUT2D eigenvalue weighted by Crippen LogP contribution is -2.40. The van der Waals surface area contributed by atoms with Gasteiger partial charge in [0.15, 0.2) is 5.16 Å². The molecule has 0 saturated heterocycles. The molecule has 0 N–H and O–H groups in total.